The summed E-state index contributed by atoms with van der Waals surface area (Å²) in [5, 5.41) is 7.81. The molecule has 32 heavy (non-hydrogen) atoms. The lowest BCUT2D eigenvalue weighted by molar-refractivity contribution is 0.0890. The zero-order valence-electron chi connectivity index (χ0n) is 18.3. The van der Waals surface area contributed by atoms with E-state index in [4.69, 9.17) is 4.74 Å². The minimum absolute atomic E-state index is 0.100. The predicted molar refractivity (Wildman–Crippen MR) is 126 cm³/mol. The summed E-state index contributed by atoms with van der Waals surface area (Å²) in [6.45, 7) is 2.55. The number of rotatable bonds is 8. The Bertz CT molecular complexity index is 1170. The number of ether oxygens (including phenoxy) is 1. The molecule has 0 aliphatic carbocycles. The minimum Gasteiger partial charge on any atom is -0.497 e. The van der Waals surface area contributed by atoms with E-state index >= 15 is 0 Å². The standard InChI is InChI=1S/C26H26N4O2/c1-19-8-13-22(14-9-19)25-28-26(27-18-21-10-15-23(32-2)16-11-21)30(29-25)24(31)17-12-20-6-4-3-5-7-20/h3-11,13-16H,12,17-18H2,1-2H3,(H,27,28,29). The molecule has 0 amide bonds. The highest BCUT2D eigenvalue weighted by Gasteiger charge is 2.17. The van der Waals surface area contributed by atoms with Gasteiger partial charge in [0.1, 0.15) is 5.75 Å². The van der Waals surface area contributed by atoms with Gasteiger partial charge in [0.15, 0.2) is 5.82 Å². The van der Waals surface area contributed by atoms with E-state index in [1.165, 1.54) is 4.68 Å². The van der Waals surface area contributed by atoms with Gasteiger partial charge in [0.05, 0.1) is 7.11 Å². The van der Waals surface area contributed by atoms with Gasteiger partial charge in [-0.15, -0.1) is 5.10 Å². The Morgan fingerprint density at radius 1 is 0.938 bits per heavy atom. The number of nitrogens with zero attached hydrogens (tertiary/aromatic N) is 3. The van der Waals surface area contributed by atoms with Gasteiger partial charge in [0.2, 0.25) is 11.9 Å². The molecule has 6 heteroatoms. The zero-order chi connectivity index (χ0) is 22.3. The normalized spacial score (nSPS) is 10.7. The molecule has 0 aliphatic rings. The van der Waals surface area contributed by atoms with Gasteiger partial charge in [0, 0.05) is 18.5 Å². The number of anilines is 1. The van der Waals surface area contributed by atoms with Crippen molar-refractivity contribution in [1.29, 1.82) is 0 Å². The third-order valence-electron chi connectivity index (χ3n) is 5.23. The summed E-state index contributed by atoms with van der Waals surface area (Å²) in [4.78, 5) is 17.7. The van der Waals surface area contributed by atoms with Crippen LogP contribution in [-0.4, -0.2) is 27.8 Å². The molecule has 4 aromatic rings. The Morgan fingerprint density at radius 2 is 1.66 bits per heavy atom. The monoisotopic (exact) mass is 426 g/mol. The molecular formula is C26H26N4O2. The Labute approximate surface area is 187 Å². The highest BCUT2D eigenvalue weighted by atomic mass is 16.5. The summed E-state index contributed by atoms with van der Waals surface area (Å²) in [5.41, 5.74) is 4.20. The van der Waals surface area contributed by atoms with Crippen LogP contribution in [0.15, 0.2) is 78.9 Å². The van der Waals surface area contributed by atoms with Crippen molar-refractivity contribution in [2.24, 2.45) is 0 Å². The number of hydrogen-bond acceptors (Lipinski definition) is 5. The lowest BCUT2D eigenvalue weighted by Gasteiger charge is -2.08. The molecule has 0 radical (unpaired) electrons. The van der Waals surface area contributed by atoms with E-state index in [1.54, 1.807) is 7.11 Å². The molecule has 3 aromatic carbocycles. The van der Waals surface area contributed by atoms with E-state index in [0.29, 0.717) is 31.2 Å². The van der Waals surface area contributed by atoms with Crippen LogP contribution in [0.5, 0.6) is 5.75 Å². The molecule has 0 fully saturated rings. The van der Waals surface area contributed by atoms with E-state index in [9.17, 15) is 4.79 Å². The van der Waals surface area contributed by atoms with Gasteiger partial charge in [-0.1, -0.05) is 72.3 Å². The van der Waals surface area contributed by atoms with Crippen LogP contribution < -0.4 is 10.1 Å². The van der Waals surface area contributed by atoms with Crippen molar-refractivity contribution in [2.75, 3.05) is 12.4 Å². The van der Waals surface area contributed by atoms with Crippen LogP contribution in [-0.2, 0) is 13.0 Å². The second-order valence-corrected chi connectivity index (χ2v) is 7.62. The Morgan fingerprint density at radius 3 is 2.34 bits per heavy atom. The van der Waals surface area contributed by atoms with Crippen molar-refractivity contribution >= 4 is 11.9 Å². The molecule has 0 bridgehead atoms. The number of carbonyl (C=O) groups is 1. The number of aryl methyl sites for hydroxylation is 2. The maximum Gasteiger partial charge on any atom is 0.250 e. The smallest absolute Gasteiger partial charge is 0.250 e. The lowest BCUT2D eigenvalue weighted by Crippen LogP contribution is -2.17. The van der Waals surface area contributed by atoms with Crippen LogP contribution in [0.1, 0.15) is 27.9 Å². The first-order valence-corrected chi connectivity index (χ1v) is 10.6. The number of methoxy groups -OCH3 is 1. The van der Waals surface area contributed by atoms with Gasteiger partial charge in [-0.3, -0.25) is 4.79 Å². The SMILES string of the molecule is COc1ccc(CNc2nc(-c3ccc(C)cc3)nn2C(=O)CCc2ccccc2)cc1. The number of hydrogen-bond donors (Lipinski definition) is 1. The van der Waals surface area contributed by atoms with Crippen molar-refractivity contribution in [3.8, 4) is 17.1 Å². The predicted octanol–water partition coefficient (Wildman–Crippen LogP) is 5.15. The molecule has 0 saturated heterocycles. The first-order chi connectivity index (χ1) is 15.6. The average molecular weight is 427 g/mol. The highest BCUT2D eigenvalue weighted by molar-refractivity contribution is 5.81. The fourth-order valence-corrected chi connectivity index (χ4v) is 3.35. The summed E-state index contributed by atoms with van der Waals surface area (Å²) in [6.07, 6.45) is 0.995. The Kier molecular flexibility index (Phi) is 6.60. The molecule has 0 saturated carbocycles. The summed E-state index contributed by atoms with van der Waals surface area (Å²) in [7, 11) is 1.64. The molecule has 0 atom stereocenters. The Balaban J connectivity index is 1.55. The van der Waals surface area contributed by atoms with Gasteiger partial charge in [-0.25, -0.2) is 0 Å². The second-order valence-electron chi connectivity index (χ2n) is 7.62. The topological polar surface area (TPSA) is 69.0 Å². The average Bonchev–Trinajstić information content (AvgIpc) is 3.27. The fourth-order valence-electron chi connectivity index (χ4n) is 3.35. The molecule has 4 rings (SSSR count). The van der Waals surface area contributed by atoms with Crippen molar-refractivity contribution in [3.05, 3.63) is 95.6 Å². The third-order valence-corrected chi connectivity index (χ3v) is 5.23. The van der Waals surface area contributed by atoms with E-state index in [2.05, 4.69) is 15.4 Å². The zero-order valence-corrected chi connectivity index (χ0v) is 18.3. The van der Waals surface area contributed by atoms with E-state index in [0.717, 1.165) is 28.0 Å². The van der Waals surface area contributed by atoms with Gasteiger partial charge in [0.25, 0.3) is 0 Å². The van der Waals surface area contributed by atoms with Crippen molar-refractivity contribution in [3.63, 3.8) is 0 Å². The van der Waals surface area contributed by atoms with Gasteiger partial charge in [-0.05, 0) is 36.6 Å². The van der Waals surface area contributed by atoms with Crippen LogP contribution in [0.4, 0.5) is 5.95 Å². The maximum atomic E-state index is 13.0. The van der Waals surface area contributed by atoms with Crippen LogP contribution in [0, 0.1) is 6.92 Å². The van der Waals surface area contributed by atoms with Crippen molar-refractivity contribution in [1.82, 2.24) is 14.8 Å². The van der Waals surface area contributed by atoms with Crippen LogP contribution >= 0.6 is 0 Å². The molecular weight excluding hydrogens is 400 g/mol. The van der Waals surface area contributed by atoms with E-state index in [1.807, 2.05) is 85.8 Å². The minimum atomic E-state index is -0.100. The van der Waals surface area contributed by atoms with E-state index < -0.39 is 0 Å². The lowest BCUT2D eigenvalue weighted by atomic mass is 10.1. The first kappa shape index (κ1) is 21.3. The summed E-state index contributed by atoms with van der Waals surface area (Å²) in [6, 6.07) is 25.7. The third kappa shape index (κ3) is 5.21. The molecule has 0 aliphatic heterocycles. The van der Waals surface area contributed by atoms with Crippen molar-refractivity contribution in [2.45, 2.75) is 26.3 Å². The largest absolute Gasteiger partial charge is 0.497 e. The number of nitrogens with one attached hydrogen (secondary N) is 1. The van der Waals surface area contributed by atoms with Gasteiger partial charge >= 0.3 is 0 Å². The number of benzene rings is 3. The van der Waals surface area contributed by atoms with Crippen LogP contribution in [0.3, 0.4) is 0 Å². The molecule has 1 N–H and O–H groups in total. The van der Waals surface area contributed by atoms with Crippen molar-refractivity contribution < 1.29 is 9.53 Å². The molecule has 162 valence electrons. The second kappa shape index (κ2) is 9.92. The molecule has 6 nitrogen and oxygen atoms in total. The Hall–Kier alpha value is -3.93. The summed E-state index contributed by atoms with van der Waals surface area (Å²) < 4.78 is 6.61. The maximum absolute atomic E-state index is 13.0. The van der Waals surface area contributed by atoms with Crippen LogP contribution in [0.25, 0.3) is 11.4 Å². The molecule has 0 spiro atoms. The highest BCUT2D eigenvalue weighted by Crippen LogP contribution is 2.20. The fraction of sp³-hybridized carbons (Fsp3) is 0.192. The van der Waals surface area contributed by atoms with Crippen LogP contribution in [0.2, 0.25) is 0 Å². The first-order valence-electron chi connectivity index (χ1n) is 10.6. The quantitative estimate of drug-likeness (QED) is 0.422. The summed E-state index contributed by atoms with van der Waals surface area (Å²) >= 11 is 0. The molecule has 1 aromatic heterocycles. The summed E-state index contributed by atoms with van der Waals surface area (Å²) in [5.74, 6) is 1.66. The molecule has 1 heterocycles. The van der Waals surface area contributed by atoms with Gasteiger partial charge in [-0.2, -0.15) is 9.67 Å². The number of aromatic nitrogens is 3. The van der Waals surface area contributed by atoms with E-state index in [-0.39, 0.29) is 5.91 Å². The molecule has 0 unspecified atom stereocenters. The number of carbonyl (C=O) groups excluding carboxylic acids is 1. The van der Waals surface area contributed by atoms with Gasteiger partial charge < -0.3 is 10.1 Å².